The Morgan fingerprint density at radius 3 is 2.62 bits per heavy atom. The molecule has 8 heavy (non-hydrogen) atoms. The SMILES string of the molecule is [2H]CC([2H])C(C)(C)C(=O)O. The average Bonchev–Trinajstić information content (AvgIpc) is 1.86. The second-order valence-electron chi connectivity index (χ2n) is 2.23. The lowest BCUT2D eigenvalue weighted by Crippen LogP contribution is -2.21. The van der Waals surface area contributed by atoms with Gasteiger partial charge in [0.1, 0.15) is 0 Å². The zero-order chi connectivity index (χ0) is 8.36. The van der Waals surface area contributed by atoms with Crippen molar-refractivity contribution < 1.29 is 12.6 Å². The highest BCUT2D eigenvalue weighted by Gasteiger charge is 2.23. The van der Waals surface area contributed by atoms with Gasteiger partial charge in [0.05, 0.1) is 5.41 Å². The molecule has 0 aliphatic carbocycles. The normalized spacial score (nSPS) is 18.8. The number of carbonyl (C=O) groups is 1. The fourth-order valence-corrected chi connectivity index (χ4v) is 0.0873. The molecule has 48 valence electrons. The highest BCUT2D eigenvalue weighted by Crippen LogP contribution is 2.18. The van der Waals surface area contributed by atoms with Crippen molar-refractivity contribution in [2.75, 3.05) is 0 Å². The standard InChI is InChI=1S/C6H12O2/c1-4-6(2,3)5(7)8/h4H2,1-3H3,(H,7,8)/i1D,4D. The topological polar surface area (TPSA) is 37.3 Å². The monoisotopic (exact) mass is 118 g/mol. The number of carboxylic acids is 1. The van der Waals surface area contributed by atoms with E-state index in [0.717, 1.165) is 0 Å². The van der Waals surface area contributed by atoms with E-state index in [1.54, 1.807) is 0 Å². The number of carboxylic acid groups (broad SMARTS) is 1. The molecule has 0 bridgehead atoms. The van der Waals surface area contributed by atoms with E-state index in [1.807, 2.05) is 0 Å². The Kier molecular flexibility index (Phi) is 1.18. The minimum Gasteiger partial charge on any atom is -0.481 e. The number of aliphatic carboxylic acids is 1. The van der Waals surface area contributed by atoms with Crippen LogP contribution in [-0.4, -0.2) is 11.1 Å². The van der Waals surface area contributed by atoms with Crippen LogP contribution in [0.5, 0.6) is 0 Å². The first-order valence-corrected chi connectivity index (χ1v) is 2.37. The van der Waals surface area contributed by atoms with Gasteiger partial charge in [-0.15, -0.1) is 0 Å². The van der Waals surface area contributed by atoms with Gasteiger partial charge in [-0.25, -0.2) is 0 Å². The molecule has 2 heteroatoms. The Bertz CT molecular complexity index is 134. The number of hydrogen-bond donors (Lipinski definition) is 1. The Morgan fingerprint density at radius 1 is 2.00 bits per heavy atom. The first kappa shape index (κ1) is 4.36. The summed E-state index contributed by atoms with van der Waals surface area (Å²) < 4.78 is 14.0. The van der Waals surface area contributed by atoms with Gasteiger partial charge in [0.15, 0.2) is 0 Å². The molecule has 0 fully saturated rings. The van der Waals surface area contributed by atoms with Crippen LogP contribution in [0.25, 0.3) is 0 Å². The summed E-state index contributed by atoms with van der Waals surface area (Å²) in [6.45, 7) is 2.75. The molecular weight excluding hydrogens is 104 g/mol. The molecule has 0 aromatic heterocycles. The van der Waals surface area contributed by atoms with Crippen molar-refractivity contribution in [1.29, 1.82) is 0 Å². The first-order valence-electron chi connectivity index (χ1n) is 3.66. The molecule has 1 unspecified atom stereocenters. The van der Waals surface area contributed by atoms with Gasteiger partial charge < -0.3 is 5.11 Å². The van der Waals surface area contributed by atoms with E-state index in [4.69, 9.17) is 7.85 Å². The smallest absolute Gasteiger partial charge is 0.309 e. The van der Waals surface area contributed by atoms with Gasteiger partial charge in [0.2, 0.25) is 0 Å². The summed E-state index contributed by atoms with van der Waals surface area (Å²) in [6, 6.07) is 0. The molecule has 1 N–H and O–H groups in total. The van der Waals surface area contributed by atoms with E-state index < -0.39 is 17.8 Å². The van der Waals surface area contributed by atoms with Crippen molar-refractivity contribution in [2.24, 2.45) is 5.41 Å². The lowest BCUT2D eigenvalue weighted by Gasteiger charge is -2.14. The maximum Gasteiger partial charge on any atom is 0.309 e. The summed E-state index contributed by atoms with van der Waals surface area (Å²) in [5, 5.41) is 8.54. The highest BCUT2D eigenvalue weighted by atomic mass is 16.4. The Balaban J connectivity index is 4.23. The van der Waals surface area contributed by atoms with Gasteiger partial charge in [-0.05, 0) is 20.2 Å². The molecule has 0 heterocycles. The molecule has 0 aromatic rings. The molecule has 1 atom stereocenters. The van der Waals surface area contributed by atoms with Gasteiger partial charge in [-0.2, -0.15) is 0 Å². The molecule has 0 aromatic carbocycles. The van der Waals surface area contributed by atoms with Crippen LogP contribution in [0.1, 0.15) is 29.9 Å². The van der Waals surface area contributed by atoms with Crippen molar-refractivity contribution in [3.8, 4) is 0 Å². The minimum absolute atomic E-state index is 0.167. The molecular formula is C6H12O2. The summed E-state index contributed by atoms with van der Waals surface area (Å²) in [5.74, 6) is -1.01. The van der Waals surface area contributed by atoms with Gasteiger partial charge in [0.25, 0.3) is 0 Å². The Morgan fingerprint density at radius 2 is 2.50 bits per heavy atom. The van der Waals surface area contributed by atoms with Crippen LogP contribution in [0, 0.1) is 5.41 Å². The van der Waals surface area contributed by atoms with Crippen LogP contribution < -0.4 is 0 Å². The maximum atomic E-state index is 10.4. The van der Waals surface area contributed by atoms with Crippen LogP contribution in [0.15, 0.2) is 0 Å². The lowest BCUT2D eigenvalue weighted by atomic mass is 9.91. The maximum absolute atomic E-state index is 10.4. The summed E-state index contributed by atoms with van der Waals surface area (Å²) in [7, 11) is 0. The summed E-state index contributed by atoms with van der Waals surface area (Å²) >= 11 is 0. The van der Waals surface area contributed by atoms with Crippen LogP contribution in [0.2, 0.25) is 0 Å². The zero-order valence-electron chi connectivity index (χ0n) is 7.14. The van der Waals surface area contributed by atoms with Crippen molar-refractivity contribution in [3.05, 3.63) is 0 Å². The molecule has 0 aliphatic heterocycles. The molecule has 0 saturated carbocycles. The summed E-state index contributed by atoms with van der Waals surface area (Å²) in [5.41, 5.74) is -1.10. The molecule has 0 saturated heterocycles. The van der Waals surface area contributed by atoms with Crippen molar-refractivity contribution in [3.63, 3.8) is 0 Å². The predicted molar refractivity (Wildman–Crippen MR) is 31.7 cm³/mol. The van der Waals surface area contributed by atoms with Crippen LogP contribution in [0.3, 0.4) is 0 Å². The van der Waals surface area contributed by atoms with E-state index >= 15 is 0 Å². The minimum atomic E-state index is -1.10. The van der Waals surface area contributed by atoms with Crippen LogP contribution >= 0.6 is 0 Å². The van der Waals surface area contributed by atoms with Crippen LogP contribution in [-0.2, 0) is 4.79 Å². The fourth-order valence-electron chi connectivity index (χ4n) is 0.0873. The number of rotatable bonds is 2. The Hall–Kier alpha value is -0.530. The molecule has 2 nitrogen and oxygen atoms in total. The van der Waals surface area contributed by atoms with Crippen molar-refractivity contribution in [1.82, 2.24) is 0 Å². The largest absolute Gasteiger partial charge is 0.481 e. The van der Waals surface area contributed by atoms with E-state index in [1.165, 1.54) is 13.8 Å². The molecule has 0 aliphatic rings. The van der Waals surface area contributed by atoms with Crippen molar-refractivity contribution in [2.45, 2.75) is 27.1 Å². The van der Waals surface area contributed by atoms with Crippen LogP contribution in [0.4, 0.5) is 0 Å². The molecule has 0 amide bonds. The lowest BCUT2D eigenvalue weighted by molar-refractivity contribution is -0.147. The molecule has 0 spiro atoms. The second-order valence-corrected chi connectivity index (χ2v) is 2.23. The highest BCUT2D eigenvalue weighted by molar-refractivity contribution is 5.73. The van der Waals surface area contributed by atoms with Gasteiger partial charge >= 0.3 is 5.97 Å². The second kappa shape index (κ2) is 2.16. The van der Waals surface area contributed by atoms with E-state index in [2.05, 4.69) is 0 Å². The van der Waals surface area contributed by atoms with E-state index in [-0.39, 0.29) is 6.90 Å². The summed E-state index contributed by atoms with van der Waals surface area (Å²) in [4.78, 5) is 10.4. The predicted octanol–water partition coefficient (Wildman–Crippen LogP) is 1.51. The molecule has 0 rings (SSSR count). The van der Waals surface area contributed by atoms with Gasteiger partial charge in [-0.1, -0.05) is 6.90 Å². The average molecular weight is 118 g/mol. The first-order chi connectivity index (χ1) is 4.42. The van der Waals surface area contributed by atoms with Gasteiger partial charge in [0, 0.05) is 2.74 Å². The Labute approximate surface area is 52.3 Å². The van der Waals surface area contributed by atoms with Crippen molar-refractivity contribution >= 4 is 5.97 Å². The third kappa shape index (κ3) is 1.52. The zero-order valence-corrected chi connectivity index (χ0v) is 5.14. The van der Waals surface area contributed by atoms with E-state index in [0.29, 0.717) is 0 Å². The third-order valence-corrected chi connectivity index (χ3v) is 1.06. The number of hydrogen-bond acceptors (Lipinski definition) is 1. The fraction of sp³-hybridized carbons (Fsp3) is 0.833. The van der Waals surface area contributed by atoms with Gasteiger partial charge in [-0.3, -0.25) is 4.79 Å². The molecule has 0 radical (unpaired) electrons. The summed E-state index contributed by atoms with van der Waals surface area (Å²) in [6.07, 6.45) is -0.843. The quantitative estimate of drug-likeness (QED) is 0.596. The van der Waals surface area contributed by atoms with E-state index in [9.17, 15) is 4.79 Å². The third-order valence-electron chi connectivity index (χ3n) is 1.06.